The summed E-state index contributed by atoms with van der Waals surface area (Å²) in [5.41, 5.74) is 1.32. The Bertz CT molecular complexity index is 1140. The number of benzene rings is 2. The Morgan fingerprint density at radius 1 is 1.33 bits per heavy atom. The molecule has 9 nitrogen and oxygen atoms in total. The SMILES string of the molecule is N#CNC(=Nc1cccc(OC(F)F)c1)N1CC(CNC(=O)O)C(c2ccc(Cl)c(Cl)c2)=N1. The number of carbonyl (C=O) groups is 1. The summed E-state index contributed by atoms with van der Waals surface area (Å²) in [6.07, 6.45) is 0.550. The lowest BCUT2D eigenvalue weighted by atomic mass is 9.97. The molecule has 0 saturated carbocycles. The van der Waals surface area contributed by atoms with Crippen molar-refractivity contribution in [2.75, 3.05) is 13.1 Å². The zero-order chi connectivity index (χ0) is 24.0. The summed E-state index contributed by atoms with van der Waals surface area (Å²) in [6.45, 7) is -2.81. The molecule has 1 aliphatic heterocycles. The molecule has 1 heterocycles. The van der Waals surface area contributed by atoms with Crippen LogP contribution in [0.1, 0.15) is 5.56 Å². The molecule has 0 radical (unpaired) electrons. The Morgan fingerprint density at radius 3 is 2.79 bits per heavy atom. The van der Waals surface area contributed by atoms with E-state index < -0.39 is 18.6 Å². The van der Waals surface area contributed by atoms with Gasteiger partial charge >= 0.3 is 12.7 Å². The molecule has 1 amide bonds. The average Bonchev–Trinajstić information content (AvgIpc) is 3.18. The van der Waals surface area contributed by atoms with E-state index in [2.05, 4.69) is 25.5 Å². The molecule has 0 bridgehead atoms. The van der Waals surface area contributed by atoms with Crippen LogP contribution in [0.2, 0.25) is 10.0 Å². The van der Waals surface area contributed by atoms with Gasteiger partial charge in [-0.3, -0.25) is 5.32 Å². The van der Waals surface area contributed by atoms with Crippen LogP contribution < -0.4 is 15.4 Å². The lowest BCUT2D eigenvalue weighted by Gasteiger charge is -2.17. The summed E-state index contributed by atoms with van der Waals surface area (Å²) in [5, 5.41) is 29.4. The number of nitrogens with zero attached hydrogens (tertiary/aromatic N) is 4. The summed E-state index contributed by atoms with van der Waals surface area (Å²) in [5.74, 6) is -0.521. The van der Waals surface area contributed by atoms with E-state index in [1.54, 1.807) is 24.4 Å². The third-order valence-corrected chi connectivity index (χ3v) is 5.15. The summed E-state index contributed by atoms with van der Waals surface area (Å²) in [4.78, 5) is 15.3. The normalized spacial score (nSPS) is 15.8. The average molecular weight is 497 g/mol. The van der Waals surface area contributed by atoms with E-state index in [9.17, 15) is 18.8 Å². The number of hydrogen-bond donors (Lipinski definition) is 3. The first-order valence-electron chi connectivity index (χ1n) is 9.33. The summed E-state index contributed by atoms with van der Waals surface area (Å²) >= 11 is 12.1. The van der Waals surface area contributed by atoms with Gasteiger partial charge in [0.2, 0.25) is 5.96 Å². The highest BCUT2D eigenvalue weighted by atomic mass is 35.5. The highest BCUT2D eigenvalue weighted by Gasteiger charge is 2.31. The quantitative estimate of drug-likeness (QED) is 0.237. The van der Waals surface area contributed by atoms with Gasteiger partial charge in [-0.2, -0.15) is 19.1 Å². The first-order chi connectivity index (χ1) is 15.8. The first-order valence-corrected chi connectivity index (χ1v) is 10.1. The lowest BCUT2D eigenvalue weighted by Crippen LogP contribution is -2.38. The van der Waals surface area contributed by atoms with Crippen molar-refractivity contribution in [2.45, 2.75) is 6.61 Å². The zero-order valence-corrected chi connectivity index (χ0v) is 18.2. The number of amides is 1. The van der Waals surface area contributed by atoms with Crippen molar-refractivity contribution in [2.24, 2.45) is 16.0 Å². The molecule has 0 aliphatic carbocycles. The van der Waals surface area contributed by atoms with Crippen LogP contribution in [0.3, 0.4) is 0 Å². The van der Waals surface area contributed by atoms with Gasteiger partial charge in [0, 0.05) is 18.5 Å². The predicted octanol–water partition coefficient (Wildman–Crippen LogP) is 4.26. The van der Waals surface area contributed by atoms with Crippen LogP contribution in [-0.2, 0) is 0 Å². The van der Waals surface area contributed by atoms with Crippen LogP contribution in [0.15, 0.2) is 52.6 Å². The molecule has 1 aliphatic rings. The van der Waals surface area contributed by atoms with Crippen molar-refractivity contribution < 1.29 is 23.4 Å². The van der Waals surface area contributed by atoms with Gasteiger partial charge in [-0.15, -0.1) is 0 Å². The van der Waals surface area contributed by atoms with Gasteiger partial charge in [-0.1, -0.05) is 35.3 Å². The summed E-state index contributed by atoms with van der Waals surface area (Å²) in [6, 6.07) is 10.5. The smallest absolute Gasteiger partial charge is 0.404 e. The second-order valence-electron chi connectivity index (χ2n) is 6.63. The van der Waals surface area contributed by atoms with Crippen LogP contribution >= 0.6 is 23.2 Å². The number of ether oxygens (including phenoxy) is 1. The molecule has 1 atom stereocenters. The van der Waals surface area contributed by atoms with Gasteiger partial charge < -0.3 is 15.2 Å². The van der Waals surface area contributed by atoms with Crippen LogP contribution in [0.5, 0.6) is 5.75 Å². The zero-order valence-electron chi connectivity index (χ0n) is 16.7. The molecule has 2 aromatic rings. The number of rotatable bonds is 6. The Morgan fingerprint density at radius 2 is 2.12 bits per heavy atom. The molecular weight excluding hydrogens is 481 g/mol. The molecule has 2 aromatic carbocycles. The predicted molar refractivity (Wildman–Crippen MR) is 118 cm³/mol. The number of aliphatic imine (C=N–C) groups is 1. The Balaban J connectivity index is 1.96. The first kappa shape index (κ1) is 24.0. The molecule has 3 N–H and O–H groups in total. The second kappa shape index (κ2) is 10.8. The van der Waals surface area contributed by atoms with Crippen LogP contribution in [0.4, 0.5) is 19.3 Å². The molecule has 172 valence electrons. The number of halogens is 4. The van der Waals surface area contributed by atoms with E-state index in [0.717, 1.165) is 0 Å². The van der Waals surface area contributed by atoms with E-state index in [4.69, 9.17) is 28.3 Å². The van der Waals surface area contributed by atoms with Crippen LogP contribution in [0.25, 0.3) is 0 Å². The van der Waals surface area contributed by atoms with E-state index >= 15 is 0 Å². The minimum absolute atomic E-state index is 0.00193. The van der Waals surface area contributed by atoms with Crippen molar-refractivity contribution in [1.82, 2.24) is 15.6 Å². The third kappa shape index (κ3) is 6.44. The van der Waals surface area contributed by atoms with Crippen molar-refractivity contribution in [1.29, 1.82) is 5.26 Å². The van der Waals surface area contributed by atoms with Crippen LogP contribution in [0, 0.1) is 17.4 Å². The summed E-state index contributed by atoms with van der Waals surface area (Å²) in [7, 11) is 0. The molecule has 0 fully saturated rings. The number of carboxylic acid groups (broad SMARTS) is 1. The standard InChI is InChI=1S/C20H16Cl2F2N6O3/c21-15-5-4-11(6-16(15)22)17-12(8-26-20(31)32)9-30(29-17)19(27-10-25)28-13-2-1-3-14(7-13)33-18(23)24/h1-7,12,18,26H,8-9H2,(H,27,28)(H,31,32). The maximum atomic E-state index is 12.5. The molecule has 1 unspecified atom stereocenters. The Hall–Kier alpha value is -3.62. The van der Waals surface area contributed by atoms with Gasteiger partial charge in [-0.05, 0) is 29.8 Å². The van der Waals surface area contributed by atoms with Crippen molar-refractivity contribution in [3.8, 4) is 11.9 Å². The minimum Gasteiger partial charge on any atom is -0.465 e. The largest absolute Gasteiger partial charge is 0.465 e. The lowest BCUT2D eigenvalue weighted by molar-refractivity contribution is -0.0498. The fourth-order valence-electron chi connectivity index (χ4n) is 3.05. The highest BCUT2D eigenvalue weighted by Crippen LogP contribution is 2.27. The minimum atomic E-state index is -3.00. The van der Waals surface area contributed by atoms with Crippen molar-refractivity contribution in [3.63, 3.8) is 0 Å². The van der Waals surface area contributed by atoms with Crippen LogP contribution in [-0.4, -0.2) is 47.6 Å². The van der Waals surface area contributed by atoms with E-state index in [1.807, 2.05) is 0 Å². The Kier molecular flexibility index (Phi) is 7.87. The van der Waals surface area contributed by atoms with E-state index in [-0.39, 0.29) is 30.5 Å². The molecule has 13 heteroatoms. The fourth-order valence-corrected chi connectivity index (χ4v) is 3.35. The van der Waals surface area contributed by atoms with Crippen molar-refractivity contribution >= 4 is 46.7 Å². The highest BCUT2D eigenvalue weighted by molar-refractivity contribution is 6.42. The second-order valence-corrected chi connectivity index (χ2v) is 7.44. The molecule has 0 aromatic heterocycles. The number of nitriles is 1. The summed E-state index contributed by atoms with van der Waals surface area (Å²) < 4.78 is 29.4. The number of nitrogens with one attached hydrogen (secondary N) is 2. The van der Waals surface area contributed by atoms with Gasteiger partial charge in [0.1, 0.15) is 5.75 Å². The number of hydrazone groups is 1. The molecule has 3 rings (SSSR count). The topological polar surface area (TPSA) is 122 Å². The van der Waals surface area contributed by atoms with Gasteiger partial charge in [0.05, 0.1) is 28.0 Å². The van der Waals surface area contributed by atoms with E-state index in [1.165, 1.54) is 29.3 Å². The monoisotopic (exact) mass is 496 g/mol. The van der Waals surface area contributed by atoms with Gasteiger partial charge in [0.15, 0.2) is 6.19 Å². The van der Waals surface area contributed by atoms with Crippen molar-refractivity contribution in [3.05, 3.63) is 58.1 Å². The number of hydrogen-bond acceptors (Lipinski definition) is 5. The number of guanidine groups is 1. The third-order valence-electron chi connectivity index (χ3n) is 4.41. The molecule has 33 heavy (non-hydrogen) atoms. The molecular formula is C20H16Cl2F2N6O3. The molecule has 0 saturated heterocycles. The maximum Gasteiger partial charge on any atom is 0.404 e. The Labute approximate surface area is 196 Å². The van der Waals surface area contributed by atoms with Gasteiger partial charge in [0.25, 0.3) is 0 Å². The maximum absolute atomic E-state index is 12.5. The number of alkyl halides is 2. The molecule has 0 spiro atoms. The fraction of sp³-hybridized carbons (Fsp3) is 0.200. The van der Waals surface area contributed by atoms with E-state index in [0.29, 0.717) is 21.3 Å². The van der Waals surface area contributed by atoms with Gasteiger partial charge in [-0.25, -0.2) is 14.8 Å².